The lowest BCUT2D eigenvalue weighted by Gasteiger charge is -2.19. The van der Waals surface area contributed by atoms with Gasteiger partial charge in [0, 0.05) is 19.3 Å². The van der Waals surface area contributed by atoms with E-state index in [1.54, 1.807) is 43.6 Å². The van der Waals surface area contributed by atoms with Gasteiger partial charge in [-0.1, -0.05) is 0 Å². The third kappa shape index (κ3) is 3.40. The fraction of sp³-hybridized carbons (Fsp3) is 0.143. The standard InChI is InChI=1S/C21H17N3O6S/c1-24-20-18(3-2-8-22-20)30-16-7-5-14(12-15(16)21(24)25)31(26,27)23-13-4-6-17-19(11-13)29-10-9-28-17/h2-8,11-12,23H,9-10H2,1H3. The van der Waals surface area contributed by atoms with E-state index in [1.165, 1.54) is 23.1 Å². The molecule has 2 aromatic carbocycles. The first kappa shape index (κ1) is 19.2. The highest BCUT2D eigenvalue weighted by atomic mass is 32.2. The first-order valence-corrected chi connectivity index (χ1v) is 10.9. The number of carbonyl (C=O) groups is 1. The number of hydrogen-bond donors (Lipinski definition) is 1. The molecular formula is C21H17N3O6S. The number of anilines is 2. The Morgan fingerprint density at radius 3 is 2.58 bits per heavy atom. The number of aromatic nitrogens is 1. The smallest absolute Gasteiger partial charge is 0.263 e. The van der Waals surface area contributed by atoms with Crippen LogP contribution in [0.5, 0.6) is 23.0 Å². The van der Waals surface area contributed by atoms with E-state index in [-0.39, 0.29) is 16.2 Å². The van der Waals surface area contributed by atoms with Crippen molar-refractivity contribution in [3.05, 3.63) is 60.3 Å². The fourth-order valence-electron chi connectivity index (χ4n) is 3.36. The molecule has 10 heteroatoms. The molecule has 0 bridgehead atoms. The zero-order valence-electron chi connectivity index (χ0n) is 16.4. The summed E-state index contributed by atoms with van der Waals surface area (Å²) in [5, 5.41) is 0. The minimum absolute atomic E-state index is 0.0783. The Hall–Kier alpha value is -3.79. The minimum Gasteiger partial charge on any atom is -0.486 e. The zero-order valence-corrected chi connectivity index (χ0v) is 17.2. The predicted molar refractivity (Wildman–Crippen MR) is 112 cm³/mol. The summed E-state index contributed by atoms with van der Waals surface area (Å²) in [6, 6.07) is 12.3. The average molecular weight is 439 g/mol. The topological polar surface area (TPSA) is 107 Å². The van der Waals surface area contributed by atoms with Gasteiger partial charge in [-0.2, -0.15) is 0 Å². The van der Waals surface area contributed by atoms with Crippen LogP contribution in [0.3, 0.4) is 0 Å². The van der Waals surface area contributed by atoms with Crippen LogP contribution >= 0.6 is 0 Å². The molecule has 0 aliphatic carbocycles. The summed E-state index contributed by atoms with van der Waals surface area (Å²) < 4.78 is 45.3. The minimum atomic E-state index is -3.98. The van der Waals surface area contributed by atoms with Crippen molar-refractivity contribution >= 4 is 27.4 Å². The van der Waals surface area contributed by atoms with E-state index in [9.17, 15) is 13.2 Å². The first-order chi connectivity index (χ1) is 14.9. The average Bonchev–Trinajstić information content (AvgIpc) is 2.88. The van der Waals surface area contributed by atoms with Crippen LogP contribution in [0.2, 0.25) is 0 Å². The molecule has 0 saturated carbocycles. The van der Waals surface area contributed by atoms with Crippen LogP contribution in [0.15, 0.2) is 59.6 Å². The second kappa shape index (κ2) is 7.17. The number of sulfonamides is 1. The highest BCUT2D eigenvalue weighted by molar-refractivity contribution is 7.92. The van der Waals surface area contributed by atoms with E-state index in [0.717, 1.165) is 0 Å². The van der Waals surface area contributed by atoms with Crippen molar-refractivity contribution in [1.82, 2.24) is 4.98 Å². The number of carbonyl (C=O) groups excluding carboxylic acids is 1. The number of rotatable bonds is 3. The zero-order chi connectivity index (χ0) is 21.6. The molecule has 158 valence electrons. The van der Waals surface area contributed by atoms with Gasteiger partial charge in [-0.3, -0.25) is 14.4 Å². The van der Waals surface area contributed by atoms with Gasteiger partial charge in [0.05, 0.1) is 16.1 Å². The van der Waals surface area contributed by atoms with Crippen LogP contribution in [-0.4, -0.2) is 39.6 Å². The van der Waals surface area contributed by atoms with E-state index in [0.29, 0.717) is 42.0 Å². The SMILES string of the molecule is CN1C(=O)c2cc(S(=O)(=O)Nc3ccc4c(c3)OCCO4)ccc2Oc2cccnc21. The molecular weight excluding hydrogens is 422 g/mol. The van der Waals surface area contributed by atoms with Gasteiger partial charge in [0.15, 0.2) is 23.1 Å². The molecule has 0 fully saturated rings. The Labute approximate surface area is 178 Å². The lowest BCUT2D eigenvalue weighted by Crippen LogP contribution is -2.26. The predicted octanol–water partition coefficient (Wildman–Crippen LogP) is 3.04. The number of amides is 1. The van der Waals surface area contributed by atoms with Crippen molar-refractivity contribution in [3.8, 4) is 23.0 Å². The molecule has 9 nitrogen and oxygen atoms in total. The summed E-state index contributed by atoms with van der Waals surface area (Å²) in [5.74, 6) is 1.59. The normalized spacial score (nSPS) is 14.7. The molecule has 0 saturated heterocycles. The van der Waals surface area contributed by atoms with Gasteiger partial charge in [-0.15, -0.1) is 0 Å². The third-order valence-corrected chi connectivity index (χ3v) is 6.26. The number of nitrogens with one attached hydrogen (secondary N) is 1. The van der Waals surface area contributed by atoms with Crippen LogP contribution in [0.1, 0.15) is 10.4 Å². The van der Waals surface area contributed by atoms with E-state index in [4.69, 9.17) is 14.2 Å². The summed E-state index contributed by atoms with van der Waals surface area (Å²) >= 11 is 0. The maximum absolute atomic E-state index is 13.0. The van der Waals surface area contributed by atoms with Crippen LogP contribution in [0.25, 0.3) is 0 Å². The molecule has 0 unspecified atom stereocenters. The molecule has 2 aliphatic heterocycles. The monoisotopic (exact) mass is 439 g/mol. The molecule has 3 aromatic rings. The maximum Gasteiger partial charge on any atom is 0.263 e. The molecule has 31 heavy (non-hydrogen) atoms. The van der Waals surface area contributed by atoms with E-state index in [2.05, 4.69) is 9.71 Å². The van der Waals surface area contributed by atoms with Crippen LogP contribution in [0.4, 0.5) is 11.5 Å². The highest BCUT2D eigenvalue weighted by Gasteiger charge is 2.28. The lowest BCUT2D eigenvalue weighted by atomic mass is 10.2. The Bertz CT molecular complexity index is 1310. The highest BCUT2D eigenvalue weighted by Crippen LogP contribution is 2.38. The Morgan fingerprint density at radius 1 is 0.968 bits per heavy atom. The van der Waals surface area contributed by atoms with E-state index < -0.39 is 15.9 Å². The van der Waals surface area contributed by atoms with E-state index >= 15 is 0 Å². The van der Waals surface area contributed by atoms with Crippen molar-refractivity contribution < 1.29 is 27.4 Å². The van der Waals surface area contributed by atoms with Crippen molar-refractivity contribution in [2.45, 2.75) is 4.90 Å². The number of fused-ring (bicyclic) bond motifs is 3. The Balaban J connectivity index is 1.48. The summed E-state index contributed by atoms with van der Waals surface area (Å²) in [5.41, 5.74) is 0.432. The molecule has 1 amide bonds. The van der Waals surface area contributed by atoms with Gasteiger partial charge in [0.2, 0.25) is 0 Å². The van der Waals surface area contributed by atoms with Crippen molar-refractivity contribution in [3.63, 3.8) is 0 Å². The molecule has 1 aromatic heterocycles. The molecule has 0 atom stereocenters. The summed E-state index contributed by atoms with van der Waals surface area (Å²) in [6.07, 6.45) is 1.55. The van der Waals surface area contributed by atoms with Crippen LogP contribution in [0, 0.1) is 0 Å². The molecule has 0 spiro atoms. The van der Waals surface area contributed by atoms with E-state index in [1.807, 2.05) is 0 Å². The Morgan fingerprint density at radius 2 is 1.74 bits per heavy atom. The molecule has 2 aliphatic rings. The second-order valence-corrected chi connectivity index (χ2v) is 8.60. The summed E-state index contributed by atoms with van der Waals surface area (Å²) in [6.45, 7) is 0.831. The maximum atomic E-state index is 13.0. The van der Waals surface area contributed by atoms with Crippen molar-refractivity contribution in [2.24, 2.45) is 0 Å². The van der Waals surface area contributed by atoms with Gasteiger partial charge in [-0.25, -0.2) is 13.4 Å². The third-order valence-electron chi connectivity index (χ3n) is 4.88. The fourth-order valence-corrected chi connectivity index (χ4v) is 4.44. The number of hydrogen-bond acceptors (Lipinski definition) is 7. The van der Waals surface area contributed by atoms with Gasteiger partial charge >= 0.3 is 0 Å². The summed E-state index contributed by atoms with van der Waals surface area (Å²) in [7, 11) is -2.43. The number of benzene rings is 2. The Kier molecular flexibility index (Phi) is 4.44. The van der Waals surface area contributed by atoms with Crippen LogP contribution < -0.4 is 23.8 Å². The van der Waals surface area contributed by atoms with Gasteiger partial charge in [-0.05, 0) is 42.5 Å². The van der Waals surface area contributed by atoms with Crippen LogP contribution in [-0.2, 0) is 10.0 Å². The van der Waals surface area contributed by atoms with Gasteiger partial charge in [0.1, 0.15) is 19.0 Å². The van der Waals surface area contributed by atoms with Gasteiger partial charge in [0.25, 0.3) is 15.9 Å². The number of pyridine rings is 1. The molecule has 0 radical (unpaired) electrons. The molecule has 3 heterocycles. The van der Waals surface area contributed by atoms with Crippen molar-refractivity contribution in [1.29, 1.82) is 0 Å². The first-order valence-electron chi connectivity index (χ1n) is 9.40. The second-order valence-electron chi connectivity index (χ2n) is 6.91. The largest absolute Gasteiger partial charge is 0.486 e. The summed E-state index contributed by atoms with van der Waals surface area (Å²) in [4.78, 5) is 18.4. The molecule has 1 N–H and O–H groups in total. The lowest BCUT2D eigenvalue weighted by molar-refractivity contribution is 0.0992. The number of nitrogens with zero attached hydrogens (tertiary/aromatic N) is 2. The van der Waals surface area contributed by atoms with Crippen molar-refractivity contribution in [2.75, 3.05) is 29.9 Å². The van der Waals surface area contributed by atoms with Gasteiger partial charge < -0.3 is 14.2 Å². The number of ether oxygens (including phenoxy) is 3. The quantitative estimate of drug-likeness (QED) is 0.668. The molecule has 5 rings (SSSR count).